The predicted molar refractivity (Wildman–Crippen MR) is 72.2 cm³/mol. The maximum atomic E-state index is 2.86. The maximum absolute atomic E-state index is 2.86. The highest BCUT2D eigenvalue weighted by Crippen LogP contribution is 2.32. The van der Waals surface area contributed by atoms with Crippen molar-refractivity contribution in [1.82, 2.24) is 9.80 Å². The summed E-state index contributed by atoms with van der Waals surface area (Å²) in [5.41, 5.74) is 0. The van der Waals surface area contributed by atoms with Crippen LogP contribution in [0.1, 0.15) is 52.4 Å². The van der Waals surface area contributed by atoms with Crippen LogP contribution in [0.3, 0.4) is 0 Å². The molecule has 3 fully saturated rings. The molecule has 98 valence electrons. The number of piperazine rings is 1. The second-order valence-electron chi connectivity index (χ2n) is 6.75. The summed E-state index contributed by atoms with van der Waals surface area (Å²) in [6.07, 6.45) is 8.72. The van der Waals surface area contributed by atoms with Crippen molar-refractivity contribution in [2.24, 2.45) is 5.92 Å². The van der Waals surface area contributed by atoms with Gasteiger partial charge in [-0.1, -0.05) is 6.92 Å². The van der Waals surface area contributed by atoms with Crippen molar-refractivity contribution in [3.05, 3.63) is 0 Å². The molecule has 2 nitrogen and oxygen atoms in total. The Morgan fingerprint density at radius 1 is 0.824 bits per heavy atom. The number of nitrogens with zero attached hydrogens (tertiary/aromatic N) is 2. The van der Waals surface area contributed by atoms with Gasteiger partial charge in [-0.25, -0.2) is 0 Å². The van der Waals surface area contributed by atoms with E-state index in [4.69, 9.17) is 0 Å². The number of rotatable bonds is 1. The van der Waals surface area contributed by atoms with Crippen LogP contribution in [-0.4, -0.2) is 47.6 Å². The Morgan fingerprint density at radius 2 is 1.59 bits per heavy atom. The van der Waals surface area contributed by atoms with Crippen LogP contribution in [0.5, 0.6) is 0 Å². The third kappa shape index (κ3) is 2.39. The van der Waals surface area contributed by atoms with Gasteiger partial charge in [0.25, 0.3) is 0 Å². The molecule has 3 rings (SSSR count). The molecule has 17 heavy (non-hydrogen) atoms. The van der Waals surface area contributed by atoms with Crippen molar-refractivity contribution in [3.8, 4) is 0 Å². The number of fused-ring (bicyclic) bond motifs is 1. The summed E-state index contributed by atoms with van der Waals surface area (Å²) in [4.78, 5) is 5.60. The van der Waals surface area contributed by atoms with Crippen molar-refractivity contribution in [2.45, 2.75) is 70.5 Å². The molecule has 0 aromatic heterocycles. The summed E-state index contributed by atoms with van der Waals surface area (Å²) in [7, 11) is 0. The van der Waals surface area contributed by atoms with Crippen molar-refractivity contribution in [2.75, 3.05) is 19.6 Å². The predicted octanol–water partition coefficient (Wildman–Crippen LogP) is 2.73. The fourth-order valence-corrected chi connectivity index (χ4v) is 4.29. The fraction of sp³-hybridized carbons (Fsp3) is 1.00. The molecule has 2 saturated heterocycles. The first-order chi connectivity index (χ1) is 8.24. The average molecular weight is 236 g/mol. The molecule has 1 saturated carbocycles. The molecule has 2 heteroatoms. The van der Waals surface area contributed by atoms with E-state index in [-0.39, 0.29) is 0 Å². The quantitative estimate of drug-likeness (QED) is 0.691. The van der Waals surface area contributed by atoms with Gasteiger partial charge in [0.2, 0.25) is 0 Å². The van der Waals surface area contributed by atoms with E-state index in [1.165, 1.54) is 58.2 Å². The lowest BCUT2D eigenvalue weighted by molar-refractivity contribution is 0.0119. The van der Waals surface area contributed by atoms with E-state index in [1.807, 2.05) is 0 Å². The van der Waals surface area contributed by atoms with E-state index in [1.54, 1.807) is 0 Å². The first-order valence-corrected chi connectivity index (χ1v) is 7.74. The highest BCUT2D eigenvalue weighted by atomic mass is 15.3. The van der Waals surface area contributed by atoms with Gasteiger partial charge in [0.1, 0.15) is 0 Å². The molecule has 0 aromatic rings. The Balaban J connectivity index is 1.62. The molecular formula is C15H28N2. The van der Waals surface area contributed by atoms with E-state index in [9.17, 15) is 0 Å². The average Bonchev–Trinajstić information content (AvgIpc) is 2.76. The zero-order valence-electron chi connectivity index (χ0n) is 11.6. The van der Waals surface area contributed by atoms with Gasteiger partial charge < -0.3 is 0 Å². The highest BCUT2D eigenvalue weighted by Gasteiger charge is 2.37. The van der Waals surface area contributed by atoms with E-state index < -0.39 is 0 Å². The van der Waals surface area contributed by atoms with E-state index in [0.29, 0.717) is 0 Å². The summed E-state index contributed by atoms with van der Waals surface area (Å²) >= 11 is 0. The SMILES string of the molecule is CC1CCC(N2CC3CCCN3CC2C)CC1. The molecule has 1 aliphatic carbocycles. The Morgan fingerprint density at radius 3 is 2.35 bits per heavy atom. The number of hydrogen-bond donors (Lipinski definition) is 0. The van der Waals surface area contributed by atoms with Gasteiger partial charge in [-0.2, -0.15) is 0 Å². The highest BCUT2D eigenvalue weighted by molar-refractivity contribution is 4.94. The molecule has 0 aromatic carbocycles. The summed E-state index contributed by atoms with van der Waals surface area (Å²) in [6.45, 7) is 8.93. The van der Waals surface area contributed by atoms with Crippen molar-refractivity contribution >= 4 is 0 Å². The van der Waals surface area contributed by atoms with Crippen LogP contribution in [0, 0.1) is 5.92 Å². The van der Waals surface area contributed by atoms with E-state index >= 15 is 0 Å². The maximum Gasteiger partial charge on any atom is 0.0224 e. The molecule has 2 heterocycles. The van der Waals surface area contributed by atoms with Crippen molar-refractivity contribution in [1.29, 1.82) is 0 Å². The first-order valence-electron chi connectivity index (χ1n) is 7.74. The Kier molecular flexibility index (Phi) is 3.45. The minimum Gasteiger partial charge on any atom is -0.298 e. The van der Waals surface area contributed by atoms with Crippen LogP contribution in [0.15, 0.2) is 0 Å². The molecule has 3 aliphatic rings. The standard InChI is InChI=1S/C15H28N2/c1-12-5-7-14(8-6-12)17-11-15-4-3-9-16(15)10-13(17)2/h12-15H,3-11H2,1-2H3. The van der Waals surface area contributed by atoms with Gasteiger partial charge in [0.05, 0.1) is 0 Å². The lowest BCUT2D eigenvalue weighted by atomic mass is 9.85. The normalized spacial score (nSPS) is 44.8. The third-order valence-electron chi connectivity index (χ3n) is 5.44. The van der Waals surface area contributed by atoms with Crippen molar-refractivity contribution < 1.29 is 0 Å². The van der Waals surface area contributed by atoms with Crippen LogP contribution in [0.4, 0.5) is 0 Å². The Labute approximate surface area is 106 Å². The second-order valence-corrected chi connectivity index (χ2v) is 6.75. The van der Waals surface area contributed by atoms with E-state index in [2.05, 4.69) is 23.6 Å². The smallest absolute Gasteiger partial charge is 0.0224 e. The molecule has 2 atom stereocenters. The van der Waals surface area contributed by atoms with Crippen LogP contribution < -0.4 is 0 Å². The number of hydrogen-bond acceptors (Lipinski definition) is 2. The fourth-order valence-electron chi connectivity index (χ4n) is 4.29. The molecule has 0 radical (unpaired) electrons. The zero-order valence-corrected chi connectivity index (χ0v) is 11.6. The third-order valence-corrected chi connectivity index (χ3v) is 5.44. The molecule has 0 N–H and O–H groups in total. The molecule has 0 bridgehead atoms. The lowest BCUT2D eigenvalue weighted by Crippen LogP contribution is -2.58. The monoisotopic (exact) mass is 236 g/mol. The van der Waals surface area contributed by atoms with Crippen LogP contribution in [0.2, 0.25) is 0 Å². The Hall–Kier alpha value is -0.0800. The summed E-state index contributed by atoms with van der Waals surface area (Å²) in [5.74, 6) is 0.981. The molecule has 2 aliphatic heterocycles. The van der Waals surface area contributed by atoms with Gasteiger partial charge in [-0.05, 0) is 57.9 Å². The minimum atomic E-state index is 0.794. The minimum absolute atomic E-state index is 0.794. The van der Waals surface area contributed by atoms with Gasteiger partial charge in [0, 0.05) is 31.2 Å². The van der Waals surface area contributed by atoms with Gasteiger partial charge in [-0.15, -0.1) is 0 Å². The topological polar surface area (TPSA) is 6.48 Å². The second kappa shape index (κ2) is 4.89. The molecule has 0 spiro atoms. The molecular weight excluding hydrogens is 208 g/mol. The summed E-state index contributed by atoms with van der Waals surface area (Å²) in [6, 6.07) is 2.59. The Bertz CT molecular complexity index is 258. The molecule has 0 amide bonds. The molecule has 2 unspecified atom stereocenters. The van der Waals surface area contributed by atoms with Gasteiger partial charge >= 0.3 is 0 Å². The van der Waals surface area contributed by atoms with Crippen LogP contribution in [0.25, 0.3) is 0 Å². The zero-order chi connectivity index (χ0) is 11.8. The van der Waals surface area contributed by atoms with Crippen LogP contribution >= 0.6 is 0 Å². The summed E-state index contributed by atoms with van der Waals surface area (Å²) in [5, 5.41) is 0. The lowest BCUT2D eigenvalue weighted by Gasteiger charge is -2.47. The van der Waals surface area contributed by atoms with Crippen molar-refractivity contribution in [3.63, 3.8) is 0 Å². The van der Waals surface area contributed by atoms with Gasteiger partial charge in [0.15, 0.2) is 0 Å². The largest absolute Gasteiger partial charge is 0.298 e. The summed E-state index contributed by atoms with van der Waals surface area (Å²) < 4.78 is 0. The van der Waals surface area contributed by atoms with Crippen LogP contribution in [-0.2, 0) is 0 Å². The van der Waals surface area contributed by atoms with Gasteiger partial charge in [-0.3, -0.25) is 9.80 Å². The first kappa shape index (κ1) is 12.0. The van der Waals surface area contributed by atoms with E-state index in [0.717, 1.165) is 24.0 Å².